The topological polar surface area (TPSA) is 107 Å². The Labute approximate surface area is 82.0 Å². The molecule has 6 nitrogen and oxygen atoms in total. The minimum absolute atomic E-state index is 0.0650. The molecular weight excluding hydrogens is 211 g/mol. The van der Waals surface area contributed by atoms with Crippen molar-refractivity contribution in [2.75, 3.05) is 6.16 Å². The van der Waals surface area contributed by atoms with Crippen LogP contribution >= 0.6 is 8.03 Å². The van der Waals surface area contributed by atoms with Crippen LogP contribution in [-0.4, -0.2) is 51.0 Å². The summed E-state index contributed by atoms with van der Waals surface area (Å²) in [6, 6.07) is 0. The van der Waals surface area contributed by atoms with Crippen LogP contribution in [0.3, 0.4) is 0 Å². The number of aliphatic hydroxyl groups is 3. The number of hydrogen-bond acceptors (Lipinski definition) is 5. The van der Waals surface area contributed by atoms with E-state index in [0.717, 1.165) is 0 Å². The van der Waals surface area contributed by atoms with E-state index in [1.165, 1.54) is 0 Å². The molecule has 1 unspecified atom stereocenters. The smallest absolute Gasteiger partial charge is 0.390 e. The van der Waals surface area contributed by atoms with Crippen LogP contribution in [0, 0.1) is 0 Å². The number of aliphatic hydroxyl groups excluding tert-OH is 3. The van der Waals surface area contributed by atoms with E-state index in [9.17, 15) is 9.67 Å². The maximum Gasteiger partial charge on any atom is 0.505 e. The van der Waals surface area contributed by atoms with E-state index in [1.807, 2.05) is 0 Å². The van der Waals surface area contributed by atoms with Crippen LogP contribution in [-0.2, 0) is 9.30 Å². The standard InChI is InChI=1S/C7H13O6P/c8-5-3-4(1-2-14(11)12)13-7(10)6(5)9/h4-10H,1-3H2/p+1/t4-,5+,6+,7+/m1/s1. The first kappa shape index (κ1) is 12.0. The van der Waals surface area contributed by atoms with Gasteiger partial charge in [-0.2, -0.15) is 4.89 Å². The average Bonchev–Trinajstić information content (AvgIpc) is 2.10. The monoisotopic (exact) mass is 225 g/mol. The molecule has 0 aromatic rings. The lowest BCUT2D eigenvalue weighted by Crippen LogP contribution is -2.48. The molecule has 0 aromatic carbocycles. The molecule has 82 valence electrons. The van der Waals surface area contributed by atoms with Gasteiger partial charge in [-0.05, 0) is 4.57 Å². The molecule has 1 aliphatic heterocycles. The predicted molar refractivity (Wildman–Crippen MR) is 46.8 cm³/mol. The molecule has 0 saturated carbocycles. The van der Waals surface area contributed by atoms with E-state index >= 15 is 0 Å². The average molecular weight is 225 g/mol. The molecule has 0 aromatic heterocycles. The molecule has 7 heteroatoms. The second-order valence-electron chi connectivity index (χ2n) is 3.31. The summed E-state index contributed by atoms with van der Waals surface area (Å²) in [6.07, 6.45) is -3.71. The summed E-state index contributed by atoms with van der Waals surface area (Å²) in [5, 5.41) is 27.5. The normalized spacial score (nSPS) is 39.6. The van der Waals surface area contributed by atoms with Crippen molar-refractivity contribution in [1.82, 2.24) is 0 Å². The Kier molecular flexibility index (Phi) is 4.37. The Morgan fingerprint density at radius 3 is 2.50 bits per heavy atom. The summed E-state index contributed by atoms with van der Waals surface area (Å²) in [7, 11) is -2.22. The van der Waals surface area contributed by atoms with Crippen molar-refractivity contribution in [2.24, 2.45) is 0 Å². The fraction of sp³-hybridized carbons (Fsp3) is 1.00. The third-order valence-corrected chi connectivity index (χ3v) is 2.81. The number of hydrogen-bond donors (Lipinski definition) is 4. The highest BCUT2D eigenvalue weighted by atomic mass is 31.1. The molecule has 0 radical (unpaired) electrons. The third kappa shape index (κ3) is 3.24. The first-order chi connectivity index (χ1) is 6.50. The van der Waals surface area contributed by atoms with Crippen molar-refractivity contribution in [3.05, 3.63) is 0 Å². The van der Waals surface area contributed by atoms with Gasteiger partial charge in [0.2, 0.25) is 0 Å². The Morgan fingerprint density at radius 2 is 2.00 bits per heavy atom. The van der Waals surface area contributed by atoms with Gasteiger partial charge in [0.15, 0.2) is 12.5 Å². The van der Waals surface area contributed by atoms with Gasteiger partial charge in [0, 0.05) is 12.8 Å². The molecule has 0 spiro atoms. The third-order valence-electron chi connectivity index (χ3n) is 2.17. The van der Waals surface area contributed by atoms with Gasteiger partial charge in [0.1, 0.15) is 6.10 Å². The molecule has 4 N–H and O–H groups in total. The highest BCUT2D eigenvalue weighted by Gasteiger charge is 2.36. The van der Waals surface area contributed by atoms with Gasteiger partial charge in [-0.15, -0.1) is 0 Å². The zero-order valence-corrected chi connectivity index (χ0v) is 8.38. The number of ether oxygens (including phenoxy) is 1. The SMILES string of the molecule is O=[P+](O)CC[C@@H]1C[C@H](O)[C@H](O)[C@@H](O)O1. The minimum Gasteiger partial charge on any atom is -0.390 e. The second kappa shape index (κ2) is 5.11. The molecule has 14 heavy (non-hydrogen) atoms. The second-order valence-corrected chi connectivity index (χ2v) is 4.46. The zero-order valence-electron chi connectivity index (χ0n) is 7.48. The maximum absolute atomic E-state index is 10.4. The van der Waals surface area contributed by atoms with Crippen LogP contribution in [0.5, 0.6) is 0 Å². The molecule has 1 saturated heterocycles. The molecule has 1 fully saturated rings. The van der Waals surface area contributed by atoms with Gasteiger partial charge < -0.3 is 20.1 Å². The van der Waals surface area contributed by atoms with Crippen molar-refractivity contribution < 1.29 is 29.5 Å². The molecule has 0 bridgehead atoms. The lowest BCUT2D eigenvalue weighted by atomic mass is 10.0. The van der Waals surface area contributed by atoms with Crippen LogP contribution in [0.1, 0.15) is 12.8 Å². The van der Waals surface area contributed by atoms with Crippen LogP contribution in [0.25, 0.3) is 0 Å². The maximum atomic E-state index is 10.4. The van der Waals surface area contributed by atoms with Crippen LogP contribution in [0.4, 0.5) is 0 Å². The van der Waals surface area contributed by atoms with Gasteiger partial charge >= 0.3 is 8.03 Å². The van der Waals surface area contributed by atoms with Crippen molar-refractivity contribution in [3.8, 4) is 0 Å². The fourth-order valence-electron chi connectivity index (χ4n) is 1.37. The summed E-state index contributed by atoms with van der Waals surface area (Å²) in [5.74, 6) is 0. The van der Waals surface area contributed by atoms with E-state index in [-0.39, 0.29) is 19.0 Å². The lowest BCUT2D eigenvalue weighted by Gasteiger charge is -2.33. The highest BCUT2D eigenvalue weighted by Crippen LogP contribution is 2.24. The van der Waals surface area contributed by atoms with Crippen LogP contribution in [0.2, 0.25) is 0 Å². The van der Waals surface area contributed by atoms with Gasteiger partial charge in [0.25, 0.3) is 0 Å². The molecule has 1 rings (SSSR count). The summed E-state index contributed by atoms with van der Waals surface area (Å²) in [4.78, 5) is 8.55. The van der Waals surface area contributed by atoms with Gasteiger partial charge in [0.05, 0.1) is 12.2 Å². The Bertz CT molecular complexity index is 198. The Balaban J connectivity index is 2.38. The molecule has 1 heterocycles. The summed E-state index contributed by atoms with van der Waals surface area (Å²) < 4.78 is 15.3. The van der Waals surface area contributed by atoms with E-state index in [0.29, 0.717) is 0 Å². The van der Waals surface area contributed by atoms with Crippen molar-refractivity contribution in [3.63, 3.8) is 0 Å². The molecule has 0 amide bonds. The number of rotatable bonds is 3. The molecule has 5 atom stereocenters. The van der Waals surface area contributed by atoms with Crippen molar-refractivity contribution in [2.45, 2.75) is 37.4 Å². The zero-order chi connectivity index (χ0) is 10.7. The largest absolute Gasteiger partial charge is 0.505 e. The first-order valence-corrected chi connectivity index (χ1v) is 5.73. The van der Waals surface area contributed by atoms with Crippen molar-refractivity contribution in [1.29, 1.82) is 0 Å². The summed E-state index contributed by atoms with van der Waals surface area (Å²) in [6.45, 7) is 0. The quantitative estimate of drug-likeness (QED) is 0.456. The molecule has 1 aliphatic rings. The van der Waals surface area contributed by atoms with E-state index in [2.05, 4.69) is 0 Å². The summed E-state index contributed by atoms with van der Waals surface area (Å²) >= 11 is 0. The molecular formula is C7H14O6P+. The van der Waals surface area contributed by atoms with Gasteiger partial charge in [-0.25, -0.2) is 0 Å². The molecule has 0 aliphatic carbocycles. The van der Waals surface area contributed by atoms with Gasteiger partial charge in [-0.1, -0.05) is 0 Å². The van der Waals surface area contributed by atoms with E-state index in [1.54, 1.807) is 0 Å². The Morgan fingerprint density at radius 1 is 1.36 bits per heavy atom. The minimum atomic E-state index is -2.22. The lowest BCUT2D eigenvalue weighted by molar-refractivity contribution is -0.246. The Hall–Kier alpha value is -0.100. The van der Waals surface area contributed by atoms with Crippen LogP contribution < -0.4 is 0 Å². The van der Waals surface area contributed by atoms with Gasteiger partial charge in [-0.3, -0.25) is 0 Å². The first-order valence-electron chi connectivity index (χ1n) is 4.34. The van der Waals surface area contributed by atoms with Crippen molar-refractivity contribution >= 4 is 8.03 Å². The van der Waals surface area contributed by atoms with E-state index in [4.69, 9.17) is 19.8 Å². The summed E-state index contributed by atoms with van der Waals surface area (Å²) in [5.41, 5.74) is 0. The fourth-order valence-corrected chi connectivity index (χ4v) is 1.88. The highest BCUT2D eigenvalue weighted by molar-refractivity contribution is 7.37. The predicted octanol–water partition coefficient (Wildman–Crippen LogP) is -1.06. The van der Waals surface area contributed by atoms with Crippen LogP contribution in [0.15, 0.2) is 0 Å². The van der Waals surface area contributed by atoms with E-state index < -0.39 is 32.6 Å².